The molecular formula is C12H10ClN5S. The maximum Gasteiger partial charge on any atom is 0.149 e. The quantitative estimate of drug-likeness (QED) is 0.748. The first-order valence-corrected chi connectivity index (χ1v) is 7.14. The van der Waals surface area contributed by atoms with E-state index < -0.39 is 0 Å². The lowest BCUT2D eigenvalue weighted by atomic mass is 10.2. The van der Waals surface area contributed by atoms with Crippen LogP contribution < -0.4 is 5.73 Å². The van der Waals surface area contributed by atoms with Crippen LogP contribution in [0.1, 0.15) is 17.7 Å². The molecule has 0 spiro atoms. The maximum atomic E-state index is 6.34. The molecule has 96 valence electrons. The van der Waals surface area contributed by atoms with E-state index in [0.717, 1.165) is 47.2 Å². The van der Waals surface area contributed by atoms with Crippen molar-refractivity contribution in [3.8, 4) is 5.69 Å². The summed E-state index contributed by atoms with van der Waals surface area (Å²) in [4.78, 5) is 0. The SMILES string of the molecule is Nc1nn(-c2c(Cl)ccc3nsnc23)c2c1CCC2. The van der Waals surface area contributed by atoms with E-state index >= 15 is 0 Å². The Hall–Kier alpha value is -1.66. The van der Waals surface area contributed by atoms with Crippen LogP contribution in [0.5, 0.6) is 0 Å². The molecule has 0 saturated carbocycles. The van der Waals surface area contributed by atoms with E-state index in [1.165, 1.54) is 11.7 Å². The van der Waals surface area contributed by atoms with Gasteiger partial charge in [0, 0.05) is 11.3 Å². The third-order valence-electron chi connectivity index (χ3n) is 3.53. The van der Waals surface area contributed by atoms with E-state index in [1.807, 2.05) is 16.8 Å². The smallest absolute Gasteiger partial charge is 0.149 e. The Morgan fingerprint density at radius 3 is 3.05 bits per heavy atom. The molecule has 7 heteroatoms. The summed E-state index contributed by atoms with van der Waals surface area (Å²) in [5.41, 5.74) is 10.7. The molecule has 0 unspecified atom stereocenters. The number of benzene rings is 1. The van der Waals surface area contributed by atoms with E-state index in [0.29, 0.717) is 10.8 Å². The van der Waals surface area contributed by atoms with Crippen molar-refractivity contribution >= 4 is 40.2 Å². The minimum atomic E-state index is 0.601. The molecule has 1 aliphatic rings. The van der Waals surface area contributed by atoms with E-state index in [4.69, 9.17) is 17.3 Å². The van der Waals surface area contributed by atoms with Crippen LogP contribution in [0.2, 0.25) is 5.02 Å². The summed E-state index contributed by atoms with van der Waals surface area (Å²) in [6, 6.07) is 3.71. The fourth-order valence-electron chi connectivity index (χ4n) is 2.67. The molecule has 1 aliphatic carbocycles. The van der Waals surface area contributed by atoms with Crippen molar-refractivity contribution in [3.05, 3.63) is 28.4 Å². The molecule has 0 atom stereocenters. The van der Waals surface area contributed by atoms with Gasteiger partial charge in [-0.25, -0.2) is 4.68 Å². The number of halogens is 1. The molecule has 0 bridgehead atoms. The van der Waals surface area contributed by atoms with Crippen molar-refractivity contribution in [2.24, 2.45) is 0 Å². The van der Waals surface area contributed by atoms with Gasteiger partial charge in [0.25, 0.3) is 0 Å². The highest BCUT2D eigenvalue weighted by molar-refractivity contribution is 7.00. The Morgan fingerprint density at radius 2 is 2.16 bits per heavy atom. The number of nitrogens with zero attached hydrogens (tertiary/aromatic N) is 4. The van der Waals surface area contributed by atoms with Crippen LogP contribution in [0.15, 0.2) is 12.1 Å². The Morgan fingerprint density at radius 1 is 1.26 bits per heavy atom. The molecule has 1 aromatic carbocycles. The predicted molar refractivity (Wildman–Crippen MR) is 76.0 cm³/mol. The largest absolute Gasteiger partial charge is 0.382 e. The zero-order valence-electron chi connectivity index (χ0n) is 9.93. The standard InChI is InChI=1S/C12H10ClN5S/c13-7-4-5-8-10(17-19-16-8)11(7)18-9-3-1-2-6(9)12(14)15-18/h4-5H,1-3H2,(H2,14,15). The van der Waals surface area contributed by atoms with Gasteiger partial charge in [0.2, 0.25) is 0 Å². The summed E-state index contributed by atoms with van der Waals surface area (Å²) in [5.74, 6) is 0.601. The van der Waals surface area contributed by atoms with Gasteiger partial charge >= 0.3 is 0 Å². The lowest BCUT2D eigenvalue weighted by Crippen LogP contribution is -2.03. The highest BCUT2D eigenvalue weighted by atomic mass is 35.5. The fourth-order valence-corrected chi connectivity index (χ4v) is 3.44. The Balaban J connectivity index is 2.08. The third kappa shape index (κ3) is 1.50. The molecule has 2 N–H and O–H groups in total. The fraction of sp³-hybridized carbons (Fsp3) is 0.250. The molecule has 0 amide bonds. The minimum absolute atomic E-state index is 0.601. The van der Waals surface area contributed by atoms with Gasteiger partial charge in [0.05, 0.1) is 16.8 Å². The van der Waals surface area contributed by atoms with Crippen LogP contribution in [0, 0.1) is 0 Å². The van der Waals surface area contributed by atoms with Gasteiger partial charge in [-0.05, 0) is 31.4 Å². The molecular weight excluding hydrogens is 282 g/mol. The second kappa shape index (κ2) is 3.91. The molecule has 5 nitrogen and oxygen atoms in total. The molecule has 19 heavy (non-hydrogen) atoms. The summed E-state index contributed by atoms with van der Waals surface area (Å²) in [6.45, 7) is 0. The number of fused-ring (bicyclic) bond motifs is 2. The molecule has 0 aliphatic heterocycles. The second-order valence-electron chi connectivity index (χ2n) is 4.60. The molecule has 2 aromatic heterocycles. The van der Waals surface area contributed by atoms with Crippen molar-refractivity contribution in [2.45, 2.75) is 19.3 Å². The molecule has 4 rings (SSSR count). The molecule has 3 aromatic rings. The molecule has 0 saturated heterocycles. The summed E-state index contributed by atoms with van der Waals surface area (Å²) in [6.07, 6.45) is 3.08. The maximum absolute atomic E-state index is 6.34. The Kier molecular flexibility index (Phi) is 2.31. The first-order valence-electron chi connectivity index (χ1n) is 6.03. The highest BCUT2D eigenvalue weighted by Gasteiger charge is 2.24. The van der Waals surface area contributed by atoms with Gasteiger partial charge in [-0.1, -0.05) is 11.6 Å². The Labute approximate surface area is 118 Å². The Bertz CT molecular complexity index is 791. The van der Waals surface area contributed by atoms with E-state index in [2.05, 4.69) is 13.8 Å². The van der Waals surface area contributed by atoms with Crippen LogP contribution in [-0.4, -0.2) is 18.5 Å². The zero-order chi connectivity index (χ0) is 13.0. The highest BCUT2D eigenvalue weighted by Crippen LogP contribution is 2.34. The zero-order valence-corrected chi connectivity index (χ0v) is 11.5. The van der Waals surface area contributed by atoms with Crippen molar-refractivity contribution in [1.29, 1.82) is 0 Å². The van der Waals surface area contributed by atoms with Gasteiger partial charge in [-0.2, -0.15) is 13.8 Å². The average Bonchev–Trinajstić information content (AvgIpc) is 3.08. The van der Waals surface area contributed by atoms with E-state index in [9.17, 15) is 0 Å². The van der Waals surface area contributed by atoms with Gasteiger partial charge in [0.1, 0.15) is 22.5 Å². The summed E-state index contributed by atoms with van der Waals surface area (Å²) < 4.78 is 10.4. The van der Waals surface area contributed by atoms with Crippen molar-refractivity contribution in [2.75, 3.05) is 5.73 Å². The van der Waals surface area contributed by atoms with Crippen molar-refractivity contribution in [1.82, 2.24) is 18.5 Å². The second-order valence-corrected chi connectivity index (χ2v) is 5.54. The molecule has 0 radical (unpaired) electrons. The molecule has 2 heterocycles. The predicted octanol–water partition coefficient (Wildman–Crippen LogP) is 2.60. The number of anilines is 1. The van der Waals surface area contributed by atoms with Gasteiger partial charge < -0.3 is 5.73 Å². The van der Waals surface area contributed by atoms with Crippen molar-refractivity contribution in [3.63, 3.8) is 0 Å². The monoisotopic (exact) mass is 291 g/mol. The normalized spacial score (nSPS) is 14.2. The van der Waals surface area contributed by atoms with Gasteiger partial charge in [-0.15, -0.1) is 0 Å². The summed E-state index contributed by atoms with van der Waals surface area (Å²) in [7, 11) is 0. The van der Waals surface area contributed by atoms with Crippen LogP contribution in [0.3, 0.4) is 0 Å². The number of hydrogen-bond acceptors (Lipinski definition) is 5. The summed E-state index contributed by atoms with van der Waals surface area (Å²) in [5, 5.41) is 5.06. The average molecular weight is 292 g/mol. The third-order valence-corrected chi connectivity index (χ3v) is 4.37. The van der Waals surface area contributed by atoms with Crippen molar-refractivity contribution < 1.29 is 0 Å². The number of aromatic nitrogens is 4. The first kappa shape index (κ1) is 11.2. The van der Waals surface area contributed by atoms with Crippen LogP contribution in [0.25, 0.3) is 16.7 Å². The number of hydrogen-bond donors (Lipinski definition) is 1. The van der Waals surface area contributed by atoms with E-state index in [1.54, 1.807) is 0 Å². The van der Waals surface area contributed by atoms with Gasteiger partial charge in [0.15, 0.2) is 0 Å². The summed E-state index contributed by atoms with van der Waals surface area (Å²) >= 11 is 7.52. The first-order chi connectivity index (χ1) is 9.25. The number of nitrogen functional groups attached to an aromatic ring is 1. The van der Waals surface area contributed by atoms with E-state index in [-0.39, 0.29) is 0 Å². The van der Waals surface area contributed by atoms with Crippen LogP contribution in [0.4, 0.5) is 5.82 Å². The minimum Gasteiger partial charge on any atom is -0.382 e. The lowest BCUT2D eigenvalue weighted by molar-refractivity contribution is 0.791. The topological polar surface area (TPSA) is 69.6 Å². The number of nitrogens with two attached hydrogens (primary N) is 1. The molecule has 0 fully saturated rings. The number of rotatable bonds is 1. The van der Waals surface area contributed by atoms with Gasteiger partial charge in [-0.3, -0.25) is 0 Å². The van der Waals surface area contributed by atoms with Crippen LogP contribution in [-0.2, 0) is 12.8 Å². The van der Waals surface area contributed by atoms with Crippen LogP contribution >= 0.6 is 23.3 Å². The lowest BCUT2D eigenvalue weighted by Gasteiger charge is -2.07.